The van der Waals surface area contributed by atoms with Gasteiger partial charge in [-0.1, -0.05) is 12.1 Å². The Bertz CT molecular complexity index is 757. The number of aryl methyl sites for hydroxylation is 1. The van der Waals surface area contributed by atoms with Crippen LogP contribution in [0, 0.1) is 6.92 Å². The number of carboxylic acid groups (broad SMARTS) is 1. The molecule has 94 valence electrons. The maximum atomic E-state index is 10.8. The van der Waals surface area contributed by atoms with Gasteiger partial charge in [0.05, 0.1) is 5.56 Å². The zero-order valence-corrected chi connectivity index (χ0v) is 10.4. The van der Waals surface area contributed by atoms with Crippen LogP contribution in [-0.4, -0.2) is 20.5 Å². The van der Waals surface area contributed by atoms with Gasteiger partial charge in [0, 0.05) is 18.6 Å². The number of carboxylic acids is 1. The summed E-state index contributed by atoms with van der Waals surface area (Å²) < 4.78 is 1.97. The Morgan fingerprint density at radius 3 is 2.63 bits per heavy atom. The second-order valence-electron chi connectivity index (χ2n) is 4.45. The van der Waals surface area contributed by atoms with E-state index < -0.39 is 5.97 Å². The van der Waals surface area contributed by atoms with Crippen LogP contribution in [-0.2, 0) is 0 Å². The molecule has 19 heavy (non-hydrogen) atoms. The zero-order chi connectivity index (χ0) is 13.4. The predicted molar refractivity (Wildman–Crippen MR) is 72.3 cm³/mol. The number of aromatic carboxylic acids is 1. The maximum absolute atomic E-state index is 10.8. The van der Waals surface area contributed by atoms with Crippen molar-refractivity contribution in [2.45, 2.75) is 6.92 Å². The van der Waals surface area contributed by atoms with Crippen LogP contribution in [0.15, 0.2) is 48.9 Å². The molecule has 0 spiro atoms. The highest BCUT2D eigenvalue weighted by Crippen LogP contribution is 2.22. The molecule has 0 atom stereocenters. The van der Waals surface area contributed by atoms with Gasteiger partial charge < -0.3 is 9.51 Å². The maximum Gasteiger partial charge on any atom is 0.335 e. The molecular weight excluding hydrogens is 240 g/mol. The van der Waals surface area contributed by atoms with Crippen LogP contribution >= 0.6 is 0 Å². The van der Waals surface area contributed by atoms with Crippen LogP contribution in [0.5, 0.6) is 0 Å². The SMILES string of the molecule is Cc1cc(-c2ccc(C(=O)O)cc2)cn2ccnc12. The molecule has 0 saturated carbocycles. The van der Waals surface area contributed by atoms with Crippen molar-refractivity contribution >= 4 is 11.6 Å². The number of carbonyl (C=O) groups is 1. The van der Waals surface area contributed by atoms with Crippen molar-refractivity contribution in [1.82, 2.24) is 9.38 Å². The molecule has 4 heteroatoms. The fourth-order valence-corrected chi connectivity index (χ4v) is 2.17. The first-order valence-corrected chi connectivity index (χ1v) is 5.92. The molecule has 0 aliphatic heterocycles. The van der Waals surface area contributed by atoms with Crippen LogP contribution in [0.2, 0.25) is 0 Å². The molecule has 2 heterocycles. The number of rotatable bonds is 2. The van der Waals surface area contributed by atoms with Crippen LogP contribution in [0.25, 0.3) is 16.8 Å². The molecular formula is C15H12N2O2. The third-order valence-corrected chi connectivity index (χ3v) is 3.14. The van der Waals surface area contributed by atoms with Gasteiger partial charge in [-0.3, -0.25) is 0 Å². The molecule has 2 aromatic heterocycles. The van der Waals surface area contributed by atoms with Crippen LogP contribution in [0.1, 0.15) is 15.9 Å². The summed E-state index contributed by atoms with van der Waals surface area (Å²) in [5, 5.41) is 8.89. The summed E-state index contributed by atoms with van der Waals surface area (Å²) in [6.45, 7) is 2.01. The first-order chi connectivity index (χ1) is 9.15. The molecule has 1 aromatic carbocycles. The lowest BCUT2D eigenvalue weighted by molar-refractivity contribution is 0.0697. The number of pyridine rings is 1. The van der Waals surface area contributed by atoms with Crippen molar-refractivity contribution in [2.24, 2.45) is 0 Å². The van der Waals surface area contributed by atoms with E-state index in [0.29, 0.717) is 5.56 Å². The van der Waals surface area contributed by atoms with Crippen molar-refractivity contribution in [3.8, 4) is 11.1 Å². The minimum absolute atomic E-state index is 0.296. The van der Waals surface area contributed by atoms with E-state index in [-0.39, 0.29) is 0 Å². The molecule has 1 N–H and O–H groups in total. The monoisotopic (exact) mass is 252 g/mol. The van der Waals surface area contributed by atoms with Gasteiger partial charge in [-0.2, -0.15) is 0 Å². The number of fused-ring (bicyclic) bond motifs is 1. The topological polar surface area (TPSA) is 54.6 Å². The van der Waals surface area contributed by atoms with Crippen LogP contribution < -0.4 is 0 Å². The van der Waals surface area contributed by atoms with Gasteiger partial charge in [0.15, 0.2) is 0 Å². The van der Waals surface area contributed by atoms with Gasteiger partial charge in [0.2, 0.25) is 0 Å². The Morgan fingerprint density at radius 2 is 1.95 bits per heavy atom. The Balaban J connectivity index is 2.10. The second-order valence-corrected chi connectivity index (χ2v) is 4.45. The molecule has 0 fully saturated rings. The minimum atomic E-state index is -0.909. The average Bonchev–Trinajstić information content (AvgIpc) is 2.87. The highest BCUT2D eigenvalue weighted by molar-refractivity contribution is 5.88. The number of benzene rings is 1. The standard InChI is InChI=1S/C15H12N2O2/c1-10-8-13(9-17-7-6-16-14(10)17)11-2-4-12(5-3-11)15(18)19/h2-9H,1H3,(H,18,19). The van der Waals surface area contributed by atoms with E-state index in [1.54, 1.807) is 18.3 Å². The lowest BCUT2D eigenvalue weighted by atomic mass is 10.0. The fourth-order valence-electron chi connectivity index (χ4n) is 2.17. The van der Waals surface area contributed by atoms with Crippen molar-refractivity contribution in [1.29, 1.82) is 0 Å². The van der Waals surface area contributed by atoms with Gasteiger partial charge in [0.25, 0.3) is 0 Å². The van der Waals surface area contributed by atoms with E-state index in [1.807, 2.05) is 35.9 Å². The predicted octanol–water partition coefficient (Wildman–Crippen LogP) is 3.01. The molecule has 0 saturated heterocycles. The molecule has 0 bridgehead atoms. The first-order valence-electron chi connectivity index (χ1n) is 5.92. The van der Waals surface area contributed by atoms with E-state index in [2.05, 4.69) is 11.1 Å². The largest absolute Gasteiger partial charge is 0.478 e. The van der Waals surface area contributed by atoms with E-state index in [0.717, 1.165) is 22.3 Å². The van der Waals surface area contributed by atoms with Crippen LogP contribution in [0.4, 0.5) is 0 Å². The Kier molecular flexibility index (Phi) is 2.56. The first kappa shape index (κ1) is 11.5. The summed E-state index contributed by atoms with van der Waals surface area (Å²) in [7, 11) is 0. The summed E-state index contributed by atoms with van der Waals surface area (Å²) in [6.07, 6.45) is 5.65. The third kappa shape index (κ3) is 1.97. The number of hydrogen-bond donors (Lipinski definition) is 1. The van der Waals surface area contributed by atoms with Crippen LogP contribution in [0.3, 0.4) is 0 Å². The minimum Gasteiger partial charge on any atom is -0.478 e. The van der Waals surface area contributed by atoms with Gasteiger partial charge in [0.1, 0.15) is 5.65 Å². The van der Waals surface area contributed by atoms with E-state index in [9.17, 15) is 4.79 Å². The molecule has 0 amide bonds. The normalized spacial score (nSPS) is 10.8. The van der Waals surface area contributed by atoms with Gasteiger partial charge in [-0.15, -0.1) is 0 Å². The van der Waals surface area contributed by atoms with Crippen molar-refractivity contribution in [3.05, 3.63) is 60.0 Å². The number of imidazole rings is 1. The zero-order valence-electron chi connectivity index (χ0n) is 10.4. The lowest BCUT2D eigenvalue weighted by Crippen LogP contribution is -1.95. The summed E-state index contributed by atoms with van der Waals surface area (Å²) >= 11 is 0. The van der Waals surface area contributed by atoms with Crippen molar-refractivity contribution in [3.63, 3.8) is 0 Å². The Hall–Kier alpha value is -2.62. The highest BCUT2D eigenvalue weighted by Gasteiger charge is 2.06. The number of aromatic nitrogens is 2. The van der Waals surface area contributed by atoms with E-state index in [1.165, 1.54) is 0 Å². The summed E-state index contributed by atoms with van der Waals surface area (Å²) in [5.74, 6) is -0.909. The van der Waals surface area contributed by atoms with E-state index >= 15 is 0 Å². The summed E-state index contributed by atoms with van der Waals surface area (Å²) in [5.41, 5.74) is 4.35. The molecule has 3 rings (SSSR count). The smallest absolute Gasteiger partial charge is 0.335 e. The third-order valence-electron chi connectivity index (χ3n) is 3.14. The number of hydrogen-bond acceptors (Lipinski definition) is 2. The van der Waals surface area contributed by atoms with Gasteiger partial charge in [-0.25, -0.2) is 9.78 Å². The average molecular weight is 252 g/mol. The van der Waals surface area contributed by atoms with Gasteiger partial charge in [-0.05, 0) is 41.8 Å². The number of nitrogens with zero attached hydrogens (tertiary/aromatic N) is 2. The fraction of sp³-hybridized carbons (Fsp3) is 0.0667. The molecule has 0 aliphatic rings. The summed E-state index contributed by atoms with van der Waals surface area (Å²) in [4.78, 5) is 15.1. The molecule has 3 aromatic rings. The van der Waals surface area contributed by atoms with Crippen molar-refractivity contribution < 1.29 is 9.90 Å². The molecule has 0 aliphatic carbocycles. The Morgan fingerprint density at radius 1 is 1.21 bits per heavy atom. The highest BCUT2D eigenvalue weighted by atomic mass is 16.4. The molecule has 4 nitrogen and oxygen atoms in total. The summed E-state index contributed by atoms with van der Waals surface area (Å²) in [6, 6.07) is 8.93. The Labute approximate surface area is 110 Å². The molecule has 0 radical (unpaired) electrons. The van der Waals surface area contributed by atoms with Gasteiger partial charge >= 0.3 is 5.97 Å². The van der Waals surface area contributed by atoms with Crippen molar-refractivity contribution in [2.75, 3.05) is 0 Å². The lowest BCUT2D eigenvalue weighted by Gasteiger charge is -2.06. The van der Waals surface area contributed by atoms with E-state index in [4.69, 9.17) is 5.11 Å². The molecule has 0 unspecified atom stereocenters. The second kappa shape index (κ2) is 4.24. The quantitative estimate of drug-likeness (QED) is 0.762.